The zero-order chi connectivity index (χ0) is 13.7. The van der Waals surface area contributed by atoms with Crippen LogP contribution in [0.2, 0.25) is 0 Å². The second-order valence-corrected chi connectivity index (χ2v) is 6.54. The van der Waals surface area contributed by atoms with Crippen molar-refractivity contribution < 1.29 is 4.74 Å². The molecule has 1 saturated heterocycles. The van der Waals surface area contributed by atoms with E-state index in [4.69, 9.17) is 4.74 Å². The zero-order valence-electron chi connectivity index (χ0n) is 12.3. The molecular formula is C15H26N2OS. The average Bonchev–Trinajstić information content (AvgIpc) is 2.82. The molecule has 4 heteroatoms. The summed E-state index contributed by atoms with van der Waals surface area (Å²) in [5, 5.41) is 5.72. The van der Waals surface area contributed by atoms with Gasteiger partial charge in [-0.1, -0.05) is 6.92 Å². The average molecular weight is 282 g/mol. The van der Waals surface area contributed by atoms with Gasteiger partial charge in [-0.25, -0.2) is 0 Å². The van der Waals surface area contributed by atoms with Gasteiger partial charge in [-0.3, -0.25) is 4.90 Å². The summed E-state index contributed by atoms with van der Waals surface area (Å²) >= 11 is 1.84. The normalized spacial score (nSPS) is 24.8. The lowest BCUT2D eigenvalue weighted by Gasteiger charge is -2.36. The predicted molar refractivity (Wildman–Crippen MR) is 81.8 cm³/mol. The monoisotopic (exact) mass is 282 g/mol. The first-order valence-electron chi connectivity index (χ1n) is 7.19. The molecule has 2 atom stereocenters. The SMILES string of the molecule is COC1CN(CCNCc2sccc2C)CCC1C. The smallest absolute Gasteiger partial charge is 0.0724 e. The summed E-state index contributed by atoms with van der Waals surface area (Å²) in [6.07, 6.45) is 1.66. The summed E-state index contributed by atoms with van der Waals surface area (Å²) in [7, 11) is 1.84. The second-order valence-electron chi connectivity index (χ2n) is 5.54. The molecule has 2 heterocycles. The number of thiophene rings is 1. The summed E-state index contributed by atoms with van der Waals surface area (Å²) in [5.41, 5.74) is 1.41. The Labute approximate surface area is 121 Å². The highest BCUT2D eigenvalue weighted by molar-refractivity contribution is 7.10. The highest BCUT2D eigenvalue weighted by Gasteiger charge is 2.25. The van der Waals surface area contributed by atoms with Crippen molar-refractivity contribution >= 4 is 11.3 Å². The molecule has 2 unspecified atom stereocenters. The largest absolute Gasteiger partial charge is 0.380 e. The first kappa shape index (κ1) is 15.0. The Morgan fingerprint density at radius 1 is 1.53 bits per heavy atom. The molecule has 0 aromatic carbocycles. The van der Waals surface area contributed by atoms with E-state index in [9.17, 15) is 0 Å². The minimum Gasteiger partial charge on any atom is -0.380 e. The lowest BCUT2D eigenvalue weighted by atomic mass is 9.96. The zero-order valence-corrected chi connectivity index (χ0v) is 13.1. The van der Waals surface area contributed by atoms with Crippen molar-refractivity contribution in [3.8, 4) is 0 Å². The molecule has 1 fully saturated rings. The first-order valence-corrected chi connectivity index (χ1v) is 8.07. The third-order valence-electron chi connectivity index (χ3n) is 4.13. The molecule has 1 aromatic heterocycles. The molecule has 0 amide bonds. The van der Waals surface area contributed by atoms with E-state index in [1.807, 2.05) is 18.4 Å². The van der Waals surface area contributed by atoms with Gasteiger partial charge >= 0.3 is 0 Å². The first-order chi connectivity index (χ1) is 9.20. The Kier molecular flexibility index (Phi) is 5.82. The molecule has 0 spiro atoms. The molecule has 2 rings (SSSR count). The fourth-order valence-corrected chi connectivity index (χ4v) is 3.51. The molecule has 19 heavy (non-hydrogen) atoms. The number of piperidine rings is 1. The number of likely N-dealkylation sites (tertiary alicyclic amines) is 1. The van der Waals surface area contributed by atoms with Crippen LogP contribution < -0.4 is 5.32 Å². The predicted octanol–water partition coefficient (Wildman–Crippen LogP) is 2.50. The van der Waals surface area contributed by atoms with Crippen LogP contribution in [-0.4, -0.2) is 44.3 Å². The Hall–Kier alpha value is -0.420. The van der Waals surface area contributed by atoms with E-state index in [-0.39, 0.29) is 0 Å². The van der Waals surface area contributed by atoms with E-state index in [2.05, 4.69) is 35.5 Å². The van der Waals surface area contributed by atoms with Gasteiger partial charge in [0.1, 0.15) is 0 Å². The fourth-order valence-electron chi connectivity index (χ4n) is 2.63. The van der Waals surface area contributed by atoms with Gasteiger partial charge in [0.05, 0.1) is 6.10 Å². The molecule has 0 radical (unpaired) electrons. The number of ether oxygens (including phenoxy) is 1. The van der Waals surface area contributed by atoms with E-state index < -0.39 is 0 Å². The number of aryl methyl sites for hydroxylation is 1. The number of methoxy groups -OCH3 is 1. The highest BCUT2D eigenvalue weighted by Crippen LogP contribution is 2.19. The number of nitrogens with zero attached hydrogens (tertiary/aromatic N) is 1. The van der Waals surface area contributed by atoms with Gasteiger partial charge < -0.3 is 10.1 Å². The molecule has 0 aliphatic carbocycles. The van der Waals surface area contributed by atoms with Crippen LogP contribution in [0.4, 0.5) is 0 Å². The maximum Gasteiger partial charge on any atom is 0.0724 e. The van der Waals surface area contributed by atoms with Crippen LogP contribution in [0.5, 0.6) is 0 Å². The van der Waals surface area contributed by atoms with Crippen molar-refractivity contribution in [1.29, 1.82) is 0 Å². The number of hydrogen-bond donors (Lipinski definition) is 1. The minimum atomic E-state index is 0.410. The van der Waals surface area contributed by atoms with Gasteiger partial charge in [-0.05, 0) is 42.8 Å². The highest BCUT2D eigenvalue weighted by atomic mass is 32.1. The van der Waals surface area contributed by atoms with Crippen LogP contribution in [0.25, 0.3) is 0 Å². The van der Waals surface area contributed by atoms with E-state index in [0.717, 1.165) is 26.2 Å². The van der Waals surface area contributed by atoms with Crippen molar-refractivity contribution in [2.24, 2.45) is 5.92 Å². The van der Waals surface area contributed by atoms with Crippen LogP contribution in [-0.2, 0) is 11.3 Å². The summed E-state index contributed by atoms with van der Waals surface area (Å²) in [6, 6.07) is 2.19. The fraction of sp³-hybridized carbons (Fsp3) is 0.733. The summed E-state index contributed by atoms with van der Waals surface area (Å²) in [4.78, 5) is 3.98. The van der Waals surface area contributed by atoms with E-state index >= 15 is 0 Å². The quantitative estimate of drug-likeness (QED) is 0.811. The molecule has 1 aliphatic rings. The molecule has 3 nitrogen and oxygen atoms in total. The molecule has 1 aromatic rings. The van der Waals surface area contributed by atoms with Crippen molar-refractivity contribution in [1.82, 2.24) is 10.2 Å². The van der Waals surface area contributed by atoms with Crippen molar-refractivity contribution in [3.63, 3.8) is 0 Å². The number of rotatable bonds is 6. The molecular weight excluding hydrogens is 256 g/mol. The van der Waals surface area contributed by atoms with Gasteiger partial charge in [-0.2, -0.15) is 0 Å². The molecule has 0 bridgehead atoms. The maximum atomic E-state index is 5.55. The van der Waals surface area contributed by atoms with Gasteiger partial charge in [-0.15, -0.1) is 11.3 Å². The van der Waals surface area contributed by atoms with Crippen LogP contribution >= 0.6 is 11.3 Å². The Bertz CT molecular complexity index is 380. The Balaban J connectivity index is 1.65. The minimum absolute atomic E-state index is 0.410. The second kappa shape index (κ2) is 7.39. The van der Waals surface area contributed by atoms with Crippen LogP contribution in [0.15, 0.2) is 11.4 Å². The lowest BCUT2D eigenvalue weighted by molar-refractivity contribution is -0.00443. The van der Waals surface area contributed by atoms with Crippen LogP contribution in [0, 0.1) is 12.8 Å². The Morgan fingerprint density at radius 3 is 3.05 bits per heavy atom. The topological polar surface area (TPSA) is 24.5 Å². The summed E-state index contributed by atoms with van der Waals surface area (Å²) in [6.45, 7) is 9.95. The maximum absolute atomic E-state index is 5.55. The van der Waals surface area contributed by atoms with Gasteiger partial charge in [0.25, 0.3) is 0 Å². The number of nitrogens with one attached hydrogen (secondary N) is 1. The summed E-state index contributed by atoms with van der Waals surface area (Å²) in [5.74, 6) is 0.697. The van der Waals surface area contributed by atoms with Crippen molar-refractivity contribution in [2.45, 2.75) is 32.9 Å². The third kappa shape index (κ3) is 4.28. The Morgan fingerprint density at radius 2 is 2.37 bits per heavy atom. The van der Waals surface area contributed by atoms with Gasteiger partial charge in [0.15, 0.2) is 0 Å². The molecule has 108 valence electrons. The molecule has 1 aliphatic heterocycles. The lowest BCUT2D eigenvalue weighted by Crippen LogP contribution is -2.45. The van der Waals surface area contributed by atoms with Crippen LogP contribution in [0.1, 0.15) is 23.8 Å². The van der Waals surface area contributed by atoms with Gasteiger partial charge in [0, 0.05) is 38.2 Å². The van der Waals surface area contributed by atoms with Crippen molar-refractivity contribution in [3.05, 3.63) is 21.9 Å². The summed E-state index contributed by atoms with van der Waals surface area (Å²) < 4.78 is 5.55. The standard InChI is InChI=1S/C15H26N2OS/c1-12-4-7-17(11-14(12)18-3)8-6-16-10-15-13(2)5-9-19-15/h5,9,12,14,16H,4,6-8,10-11H2,1-3H3. The van der Waals surface area contributed by atoms with E-state index in [0.29, 0.717) is 12.0 Å². The van der Waals surface area contributed by atoms with Crippen molar-refractivity contribution in [2.75, 3.05) is 33.3 Å². The third-order valence-corrected chi connectivity index (χ3v) is 5.16. The van der Waals surface area contributed by atoms with Gasteiger partial charge in [0.2, 0.25) is 0 Å². The molecule has 0 saturated carbocycles. The van der Waals surface area contributed by atoms with E-state index in [1.54, 1.807) is 0 Å². The van der Waals surface area contributed by atoms with Crippen LogP contribution in [0.3, 0.4) is 0 Å². The number of hydrogen-bond acceptors (Lipinski definition) is 4. The molecule has 1 N–H and O–H groups in total. The van der Waals surface area contributed by atoms with E-state index in [1.165, 1.54) is 23.4 Å².